The fraction of sp³-hybridized carbons (Fsp3) is 0.200. The van der Waals surface area contributed by atoms with E-state index in [2.05, 4.69) is 10.3 Å². The van der Waals surface area contributed by atoms with Gasteiger partial charge < -0.3 is 21.1 Å². The Morgan fingerprint density at radius 1 is 1.33 bits per heavy atom. The summed E-state index contributed by atoms with van der Waals surface area (Å²) in [6, 6.07) is 7.22. The molecular weight excluding hydrogens is 268 g/mol. The Balaban J connectivity index is 2.37. The average molecular weight is 286 g/mol. The molecule has 0 spiro atoms. The molecule has 2 rings (SSSR count). The third kappa shape index (κ3) is 3.05. The van der Waals surface area contributed by atoms with Crippen LogP contribution in [-0.2, 0) is 0 Å². The highest BCUT2D eigenvalue weighted by molar-refractivity contribution is 5.96. The van der Waals surface area contributed by atoms with Crippen molar-refractivity contribution >= 4 is 28.8 Å². The quantitative estimate of drug-likeness (QED) is 0.799. The van der Waals surface area contributed by atoms with E-state index in [9.17, 15) is 4.79 Å². The lowest BCUT2D eigenvalue weighted by Gasteiger charge is -2.18. The maximum atomic E-state index is 11.1. The van der Waals surface area contributed by atoms with Gasteiger partial charge in [0.2, 0.25) is 0 Å². The molecule has 1 aromatic carbocycles. The summed E-state index contributed by atoms with van der Waals surface area (Å²) in [5.74, 6) is -0.737. The Morgan fingerprint density at radius 3 is 2.67 bits per heavy atom. The lowest BCUT2D eigenvalue weighted by molar-refractivity contribution is 0.0698. The number of carboxylic acid groups (broad SMARTS) is 1. The lowest BCUT2D eigenvalue weighted by atomic mass is 10.1. The predicted octanol–water partition coefficient (Wildman–Crippen LogP) is 2.48. The standard InChI is InChI=1S/C15H18N4O2/c1-9-4-5-10(8-12(9)19(2)3)18-14-13(16)11(15(20)21)6-7-17-14/h4-8H,16H2,1-3H3,(H,17,18)(H,20,21). The number of hydrogen-bond donors (Lipinski definition) is 3. The summed E-state index contributed by atoms with van der Waals surface area (Å²) in [5, 5.41) is 12.1. The monoisotopic (exact) mass is 286 g/mol. The number of aromatic carboxylic acids is 1. The van der Waals surface area contributed by atoms with Gasteiger partial charge in [0.1, 0.15) is 0 Å². The molecule has 0 radical (unpaired) electrons. The van der Waals surface area contributed by atoms with Crippen LogP contribution in [-0.4, -0.2) is 30.2 Å². The molecule has 1 aromatic heterocycles. The second-order valence-electron chi connectivity index (χ2n) is 4.95. The zero-order chi connectivity index (χ0) is 15.6. The third-order valence-electron chi connectivity index (χ3n) is 3.17. The van der Waals surface area contributed by atoms with Crippen LogP contribution in [0.3, 0.4) is 0 Å². The van der Waals surface area contributed by atoms with Crippen molar-refractivity contribution < 1.29 is 9.90 Å². The summed E-state index contributed by atoms with van der Waals surface area (Å²) in [6.45, 7) is 2.02. The van der Waals surface area contributed by atoms with E-state index in [1.165, 1.54) is 12.3 Å². The van der Waals surface area contributed by atoms with Crippen molar-refractivity contribution in [1.82, 2.24) is 4.98 Å². The van der Waals surface area contributed by atoms with Crippen molar-refractivity contribution in [3.8, 4) is 0 Å². The molecule has 1 heterocycles. The van der Waals surface area contributed by atoms with Crippen LogP contribution in [0.1, 0.15) is 15.9 Å². The van der Waals surface area contributed by atoms with Gasteiger partial charge in [-0.15, -0.1) is 0 Å². The third-order valence-corrected chi connectivity index (χ3v) is 3.17. The predicted molar refractivity (Wildman–Crippen MR) is 84.4 cm³/mol. The molecule has 0 bridgehead atoms. The van der Waals surface area contributed by atoms with Crippen molar-refractivity contribution in [2.45, 2.75) is 6.92 Å². The fourth-order valence-electron chi connectivity index (χ4n) is 2.06. The molecule has 21 heavy (non-hydrogen) atoms. The van der Waals surface area contributed by atoms with Gasteiger partial charge in [0.05, 0.1) is 11.3 Å². The summed E-state index contributed by atoms with van der Waals surface area (Å²) in [6.07, 6.45) is 1.42. The molecule has 0 aliphatic carbocycles. The molecular formula is C15H18N4O2. The summed E-state index contributed by atoms with van der Waals surface area (Å²) in [4.78, 5) is 17.2. The number of aryl methyl sites for hydroxylation is 1. The summed E-state index contributed by atoms with van der Waals surface area (Å²) >= 11 is 0. The van der Waals surface area contributed by atoms with Crippen molar-refractivity contribution in [2.75, 3.05) is 30.0 Å². The SMILES string of the molecule is Cc1ccc(Nc2nccc(C(=O)O)c2N)cc1N(C)C. The van der Waals surface area contributed by atoms with Crippen LogP contribution in [0.5, 0.6) is 0 Å². The zero-order valence-electron chi connectivity index (χ0n) is 12.2. The minimum Gasteiger partial charge on any atom is -0.478 e. The minimum absolute atomic E-state index is 0.0347. The van der Waals surface area contributed by atoms with Gasteiger partial charge in [-0.2, -0.15) is 0 Å². The Bertz CT molecular complexity index is 683. The molecule has 110 valence electrons. The molecule has 6 heteroatoms. The minimum atomic E-state index is -1.07. The number of hydrogen-bond acceptors (Lipinski definition) is 5. The Hall–Kier alpha value is -2.76. The normalized spacial score (nSPS) is 10.2. The van der Waals surface area contributed by atoms with E-state index in [-0.39, 0.29) is 11.3 Å². The van der Waals surface area contributed by atoms with E-state index in [0.29, 0.717) is 5.82 Å². The molecule has 2 aromatic rings. The summed E-state index contributed by atoms with van der Waals surface area (Å²) < 4.78 is 0. The summed E-state index contributed by atoms with van der Waals surface area (Å²) in [7, 11) is 3.92. The number of pyridine rings is 1. The largest absolute Gasteiger partial charge is 0.478 e. The number of nitrogens with two attached hydrogens (primary N) is 1. The molecule has 6 nitrogen and oxygen atoms in total. The first-order chi connectivity index (χ1) is 9.90. The van der Waals surface area contributed by atoms with Gasteiger partial charge in [-0.3, -0.25) is 0 Å². The van der Waals surface area contributed by atoms with Crippen LogP contribution in [0.15, 0.2) is 30.5 Å². The van der Waals surface area contributed by atoms with Crippen LogP contribution in [0.4, 0.5) is 22.9 Å². The highest BCUT2D eigenvalue weighted by Crippen LogP contribution is 2.27. The number of nitrogens with zero attached hydrogens (tertiary/aromatic N) is 2. The Morgan fingerprint density at radius 2 is 2.05 bits per heavy atom. The van der Waals surface area contributed by atoms with Gasteiger partial charge in [0, 0.05) is 31.7 Å². The Labute approximate surface area is 123 Å². The van der Waals surface area contributed by atoms with Gasteiger partial charge in [-0.25, -0.2) is 9.78 Å². The van der Waals surface area contributed by atoms with Crippen LogP contribution in [0.2, 0.25) is 0 Å². The maximum absolute atomic E-state index is 11.1. The van der Waals surface area contributed by atoms with E-state index >= 15 is 0 Å². The number of anilines is 4. The molecule has 0 atom stereocenters. The number of nitrogen functional groups attached to an aromatic ring is 1. The number of aromatic nitrogens is 1. The van der Waals surface area contributed by atoms with Crippen molar-refractivity contribution in [1.29, 1.82) is 0 Å². The van der Waals surface area contributed by atoms with Gasteiger partial charge >= 0.3 is 5.97 Å². The summed E-state index contributed by atoms with van der Waals surface area (Å²) in [5.41, 5.74) is 9.00. The van der Waals surface area contributed by atoms with Crippen LogP contribution in [0, 0.1) is 6.92 Å². The molecule has 4 N–H and O–H groups in total. The first-order valence-corrected chi connectivity index (χ1v) is 6.43. The smallest absolute Gasteiger partial charge is 0.337 e. The second-order valence-corrected chi connectivity index (χ2v) is 4.95. The topological polar surface area (TPSA) is 91.5 Å². The number of rotatable bonds is 4. The number of benzene rings is 1. The van der Waals surface area contributed by atoms with Gasteiger partial charge in [-0.05, 0) is 30.7 Å². The van der Waals surface area contributed by atoms with E-state index < -0.39 is 5.97 Å². The Kier molecular flexibility index (Phi) is 3.98. The number of carboxylic acids is 1. The molecule has 0 unspecified atom stereocenters. The molecule has 0 amide bonds. The fourth-order valence-corrected chi connectivity index (χ4v) is 2.06. The highest BCUT2D eigenvalue weighted by atomic mass is 16.4. The van der Waals surface area contributed by atoms with E-state index in [1.807, 2.05) is 44.1 Å². The van der Waals surface area contributed by atoms with Crippen LogP contribution >= 0.6 is 0 Å². The second kappa shape index (κ2) is 5.70. The van der Waals surface area contributed by atoms with Crippen LogP contribution < -0.4 is 16.0 Å². The van der Waals surface area contributed by atoms with Crippen molar-refractivity contribution in [3.05, 3.63) is 41.6 Å². The van der Waals surface area contributed by atoms with E-state index in [0.717, 1.165) is 16.9 Å². The van der Waals surface area contributed by atoms with Crippen molar-refractivity contribution in [3.63, 3.8) is 0 Å². The first-order valence-electron chi connectivity index (χ1n) is 6.43. The molecule has 0 aliphatic heterocycles. The zero-order valence-corrected chi connectivity index (χ0v) is 12.2. The van der Waals surface area contributed by atoms with Gasteiger partial charge in [0.25, 0.3) is 0 Å². The van der Waals surface area contributed by atoms with E-state index in [1.54, 1.807) is 0 Å². The average Bonchev–Trinajstić information content (AvgIpc) is 2.42. The van der Waals surface area contributed by atoms with Crippen LogP contribution in [0.25, 0.3) is 0 Å². The highest BCUT2D eigenvalue weighted by Gasteiger charge is 2.12. The maximum Gasteiger partial charge on any atom is 0.337 e. The number of carbonyl (C=O) groups is 1. The molecule has 0 saturated heterocycles. The molecule has 0 saturated carbocycles. The first kappa shape index (κ1) is 14.6. The number of nitrogens with one attached hydrogen (secondary N) is 1. The van der Waals surface area contributed by atoms with Gasteiger partial charge in [-0.1, -0.05) is 6.07 Å². The van der Waals surface area contributed by atoms with Crippen molar-refractivity contribution in [2.24, 2.45) is 0 Å². The lowest BCUT2D eigenvalue weighted by Crippen LogP contribution is -2.11. The van der Waals surface area contributed by atoms with Gasteiger partial charge in [0.15, 0.2) is 5.82 Å². The molecule has 0 fully saturated rings. The van der Waals surface area contributed by atoms with E-state index in [4.69, 9.17) is 10.8 Å². The molecule has 0 aliphatic rings.